The van der Waals surface area contributed by atoms with Crippen LogP contribution in [-0.4, -0.2) is 18.0 Å². The molecular formula is C21H15ClN2O3. The fourth-order valence-electron chi connectivity index (χ4n) is 2.73. The van der Waals surface area contributed by atoms with Gasteiger partial charge in [0.2, 0.25) is 5.89 Å². The minimum absolute atomic E-state index is 0.281. The molecular weight excluding hydrogens is 364 g/mol. The van der Waals surface area contributed by atoms with Gasteiger partial charge in [-0.05, 0) is 48.5 Å². The average Bonchev–Trinajstić information content (AvgIpc) is 3.12. The van der Waals surface area contributed by atoms with Gasteiger partial charge in [-0.1, -0.05) is 29.8 Å². The first-order valence-electron chi connectivity index (χ1n) is 8.25. The molecule has 1 N–H and O–H groups in total. The largest absolute Gasteiger partial charge is 0.497 e. The van der Waals surface area contributed by atoms with E-state index in [9.17, 15) is 4.79 Å². The summed E-state index contributed by atoms with van der Waals surface area (Å²) in [7, 11) is 1.61. The van der Waals surface area contributed by atoms with Crippen LogP contribution in [0.3, 0.4) is 0 Å². The van der Waals surface area contributed by atoms with Gasteiger partial charge >= 0.3 is 0 Å². The van der Waals surface area contributed by atoms with Crippen LogP contribution in [0, 0.1) is 0 Å². The maximum atomic E-state index is 12.4. The number of ether oxygens (including phenoxy) is 1. The molecule has 27 heavy (non-hydrogen) atoms. The molecule has 0 saturated carbocycles. The SMILES string of the molecule is COc1cccc(-c2nc3cc(NC(=O)c4ccccc4Cl)ccc3o2)c1. The molecule has 134 valence electrons. The molecule has 1 heterocycles. The number of amides is 1. The predicted molar refractivity (Wildman–Crippen MR) is 105 cm³/mol. The van der Waals surface area contributed by atoms with E-state index < -0.39 is 0 Å². The summed E-state index contributed by atoms with van der Waals surface area (Å²) in [4.78, 5) is 16.9. The minimum Gasteiger partial charge on any atom is -0.497 e. The van der Waals surface area contributed by atoms with E-state index in [2.05, 4.69) is 10.3 Å². The monoisotopic (exact) mass is 378 g/mol. The van der Waals surface area contributed by atoms with Gasteiger partial charge in [0.15, 0.2) is 5.58 Å². The Bertz CT molecular complexity index is 1140. The molecule has 0 atom stereocenters. The highest BCUT2D eigenvalue weighted by Crippen LogP contribution is 2.28. The number of benzene rings is 3. The Morgan fingerprint density at radius 2 is 1.93 bits per heavy atom. The van der Waals surface area contributed by atoms with Gasteiger partial charge in [0.25, 0.3) is 5.91 Å². The average molecular weight is 379 g/mol. The maximum absolute atomic E-state index is 12.4. The van der Waals surface area contributed by atoms with Gasteiger partial charge in [0.05, 0.1) is 17.7 Å². The Balaban J connectivity index is 1.63. The van der Waals surface area contributed by atoms with Crippen LogP contribution < -0.4 is 10.1 Å². The number of rotatable bonds is 4. The number of hydrogen-bond donors (Lipinski definition) is 1. The van der Waals surface area contributed by atoms with Gasteiger partial charge in [0.1, 0.15) is 11.3 Å². The van der Waals surface area contributed by atoms with Crippen molar-refractivity contribution in [2.75, 3.05) is 12.4 Å². The number of hydrogen-bond acceptors (Lipinski definition) is 4. The van der Waals surface area contributed by atoms with Crippen molar-refractivity contribution in [3.05, 3.63) is 77.3 Å². The van der Waals surface area contributed by atoms with Gasteiger partial charge in [-0.3, -0.25) is 4.79 Å². The molecule has 0 aliphatic rings. The lowest BCUT2D eigenvalue weighted by atomic mass is 10.2. The number of nitrogens with zero attached hydrogens (tertiary/aromatic N) is 1. The standard InChI is InChI=1S/C21H15ClN2O3/c1-26-15-6-4-5-13(11-15)21-24-18-12-14(9-10-19(18)27-21)23-20(25)16-7-2-3-8-17(16)22/h2-12H,1H3,(H,23,25). The van der Waals surface area contributed by atoms with Gasteiger partial charge in [-0.2, -0.15) is 0 Å². The third-order valence-corrected chi connectivity index (χ3v) is 4.41. The van der Waals surface area contributed by atoms with Gasteiger partial charge in [-0.15, -0.1) is 0 Å². The van der Waals surface area contributed by atoms with Crippen LogP contribution in [0.5, 0.6) is 5.75 Å². The Hall–Kier alpha value is -3.31. The number of carbonyl (C=O) groups excluding carboxylic acids is 1. The first kappa shape index (κ1) is 17.1. The van der Waals surface area contributed by atoms with E-state index in [-0.39, 0.29) is 5.91 Å². The van der Waals surface area contributed by atoms with E-state index in [0.717, 1.165) is 11.3 Å². The predicted octanol–water partition coefficient (Wildman–Crippen LogP) is 5.41. The molecule has 1 aromatic heterocycles. The third kappa shape index (κ3) is 3.50. The van der Waals surface area contributed by atoms with Gasteiger partial charge < -0.3 is 14.5 Å². The van der Waals surface area contributed by atoms with Crippen molar-refractivity contribution in [1.82, 2.24) is 4.98 Å². The van der Waals surface area contributed by atoms with Crippen molar-refractivity contribution in [3.63, 3.8) is 0 Å². The van der Waals surface area contributed by atoms with E-state index in [1.807, 2.05) is 24.3 Å². The lowest BCUT2D eigenvalue weighted by Gasteiger charge is -2.06. The Kier molecular flexibility index (Phi) is 4.52. The molecule has 3 aromatic carbocycles. The lowest BCUT2D eigenvalue weighted by molar-refractivity contribution is 0.102. The second-order valence-electron chi connectivity index (χ2n) is 5.87. The molecule has 0 unspecified atom stereocenters. The maximum Gasteiger partial charge on any atom is 0.257 e. The molecule has 1 amide bonds. The summed E-state index contributed by atoms with van der Waals surface area (Å²) in [5.41, 5.74) is 3.11. The molecule has 4 rings (SSSR count). The number of fused-ring (bicyclic) bond motifs is 1. The Morgan fingerprint density at radius 1 is 1.07 bits per heavy atom. The highest BCUT2D eigenvalue weighted by atomic mass is 35.5. The topological polar surface area (TPSA) is 64.4 Å². The zero-order chi connectivity index (χ0) is 18.8. The third-order valence-electron chi connectivity index (χ3n) is 4.08. The van der Waals surface area contributed by atoms with Gasteiger partial charge in [0, 0.05) is 11.3 Å². The number of nitrogens with one attached hydrogen (secondary N) is 1. The highest BCUT2D eigenvalue weighted by Gasteiger charge is 2.13. The summed E-state index contributed by atoms with van der Waals surface area (Å²) >= 11 is 6.08. The molecule has 0 aliphatic carbocycles. The zero-order valence-corrected chi connectivity index (χ0v) is 15.2. The molecule has 0 fully saturated rings. The van der Waals surface area contributed by atoms with Crippen LogP contribution >= 0.6 is 11.6 Å². The smallest absolute Gasteiger partial charge is 0.257 e. The molecule has 0 aliphatic heterocycles. The van der Waals surface area contributed by atoms with E-state index >= 15 is 0 Å². The summed E-state index contributed by atoms with van der Waals surface area (Å²) in [6.07, 6.45) is 0. The molecule has 0 radical (unpaired) electrons. The fourth-order valence-corrected chi connectivity index (χ4v) is 2.95. The van der Waals surface area contributed by atoms with Crippen LogP contribution in [0.2, 0.25) is 5.02 Å². The van der Waals surface area contributed by atoms with Crippen molar-refractivity contribution < 1.29 is 13.9 Å². The van der Waals surface area contributed by atoms with E-state index in [1.165, 1.54) is 0 Å². The summed E-state index contributed by atoms with van der Waals surface area (Å²) in [5, 5.41) is 3.23. The quantitative estimate of drug-likeness (QED) is 0.515. The van der Waals surface area contributed by atoms with Crippen molar-refractivity contribution >= 4 is 34.3 Å². The van der Waals surface area contributed by atoms with Crippen LogP contribution in [0.25, 0.3) is 22.6 Å². The normalized spacial score (nSPS) is 10.7. The first-order chi connectivity index (χ1) is 13.1. The van der Waals surface area contributed by atoms with Crippen LogP contribution in [0.4, 0.5) is 5.69 Å². The molecule has 0 bridgehead atoms. The summed E-state index contributed by atoms with van der Waals surface area (Å²) in [6.45, 7) is 0. The number of oxazole rings is 1. The summed E-state index contributed by atoms with van der Waals surface area (Å²) in [6, 6.07) is 19.7. The van der Waals surface area contributed by atoms with Crippen molar-refractivity contribution in [1.29, 1.82) is 0 Å². The molecule has 0 saturated heterocycles. The lowest BCUT2D eigenvalue weighted by Crippen LogP contribution is -2.12. The van der Waals surface area contributed by atoms with Crippen LogP contribution in [0.1, 0.15) is 10.4 Å². The minimum atomic E-state index is -0.281. The number of methoxy groups -OCH3 is 1. The van der Waals surface area contributed by atoms with Crippen LogP contribution in [0.15, 0.2) is 71.1 Å². The molecule has 5 nitrogen and oxygen atoms in total. The summed E-state index contributed by atoms with van der Waals surface area (Å²) < 4.78 is 11.1. The van der Waals surface area contributed by atoms with E-state index in [0.29, 0.717) is 33.3 Å². The second-order valence-corrected chi connectivity index (χ2v) is 6.27. The van der Waals surface area contributed by atoms with Gasteiger partial charge in [-0.25, -0.2) is 4.98 Å². The number of anilines is 1. The molecule has 6 heteroatoms. The zero-order valence-electron chi connectivity index (χ0n) is 14.4. The van der Waals surface area contributed by atoms with Crippen molar-refractivity contribution in [2.24, 2.45) is 0 Å². The highest BCUT2D eigenvalue weighted by molar-refractivity contribution is 6.34. The van der Waals surface area contributed by atoms with Crippen molar-refractivity contribution in [3.8, 4) is 17.2 Å². The van der Waals surface area contributed by atoms with E-state index in [4.69, 9.17) is 20.8 Å². The van der Waals surface area contributed by atoms with Crippen molar-refractivity contribution in [2.45, 2.75) is 0 Å². The number of carbonyl (C=O) groups is 1. The second kappa shape index (κ2) is 7.13. The number of aromatic nitrogens is 1. The summed E-state index contributed by atoms with van der Waals surface area (Å²) in [5.74, 6) is 0.928. The molecule has 0 spiro atoms. The van der Waals surface area contributed by atoms with Crippen LogP contribution in [-0.2, 0) is 0 Å². The fraction of sp³-hybridized carbons (Fsp3) is 0.0476. The molecule has 4 aromatic rings. The first-order valence-corrected chi connectivity index (χ1v) is 8.63. The Morgan fingerprint density at radius 3 is 2.74 bits per heavy atom. The van der Waals surface area contributed by atoms with E-state index in [1.54, 1.807) is 49.6 Å². The number of halogens is 1. The Labute approximate surface area is 160 Å².